The van der Waals surface area contributed by atoms with Crippen molar-refractivity contribution in [3.05, 3.63) is 95.6 Å². The van der Waals surface area contributed by atoms with Crippen LogP contribution in [-0.2, 0) is 0 Å². The Morgan fingerprint density at radius 3 is 2.53 bits per heavy atom. The van der Waals surface area contributed by atoms with Crippen LogP contribution in [-0.4, -0.2) is 24.2 Å². The van der Waals surface area contributed by atoms with Crippen molar-refractivity contribution in [2.24, 2.45) is 5.10 Å². The summed E-state index contributed by atoms with van der Waals surface area (Å²) in [5, 5.41) is 4.88. The molecule has 30 heavy (non-hydrogen) atoms. The van der Waals surface area contributed by atoms with Gasteiger partial charge in [0.05, 0.1) is 30.1 Å². The second-order valence-corrected chi connectivity index (χ2v) is 6.88. The highest BCUT2D eigenvalue weighted by Crippen LogP contribution is 2.31. The Bertz CT molecular complexity index is 1230. The summed E-state index contributed by atoms with van der Waals surface area (Å²) in [7, 11) is 1.62. The molecule has 4 rings (SSSR count). The first-order chi connectivity index (χ1) is 14.7. The van der Waals surface area contributed by atoms with Crippen LogP contribution in [0.3, 0.4) is 0 Å². The predicted molar refractivity (Wildman–Crippen MR) is 120 cm³/mol. The summed E-state index contributed by atoms with van der Waals surface area (Å²) in [6.07, 6.45) is 1.63. The largest absolute Gasteiger partial charge is 0.496 e. The minimum Gasteiger partial charge on any atom is -0.496 e. The van der Waals surface area contributed by atoms with Gasteiger partial charge in [0.25, 0.3) is 5.91 Å². The number of hydrogen-bond donors (Lipinski definition) is 1. The van der Waals surface area contributed by atoms with E-state index in [1.807, 2.05) is 79.7 Å². The Hall–Kier alpha value is -3.99. The number of amides is 1. The number of rotatable bonds is 5. The van der Waals surface area contributed by atoms with Gasteiger partial charge in [-0.05, 0) is 36.8 Å². The molecule has 0 radical (unpaired) electrons. The van der Waals surface area contributed by atoms with Crippen molar-refractivity contribution in [3.63, 3.8) is 0 Å². The Morgan fingerprint density at radius 1 is 1.00 bits per heavy atom. The molecule has 0 saturated heterocycles. The van der Waals surface area contributed by atoms with E-state index in [1.165, 1.54) is 5.56 Å². The highest BCUT2D eigenvalue weighted by molar-refractivity contribution is 6.07. The average Bonchev–Trinajstić information content (AvgIpc) is 2.79. The van der Waals surface area contributed by atoms with Gasteiger partial charge in [-0.15, -0.1) is 0 Å². The van der Waals surface area contributed by atoms with Crippen LogP contribution in [0, 0.1) is 6.92 Å². The molecule has 0 atom stereocenters. The second kappa shape index (κ2) is 8.57. The smallest absolute Gasteiger partial charge is 0.272 e. The van der Waals surface area contributed by atoms with Crippen molar-refractivity contribution in [2.75, 3.05) is 7.11 Å². The summed E-state index contributed by atoms with van der Waals surface area (Å²) in [5.41, 5.74) is 7.44. The number of para-hydroxylation sites is 2. The number of hydrazone groups is 1. The van der Waals surface area contributed by atoms with Crippen LogP contribution in [0.2, 0.25) is 0 Å². The van der Waals surface area contributed by atoms with Crippen LogP contribution in [0.1, 0.15) is 21.5 Å². The third kappa shape index (κ3) is 4.05. The first-order valence-electron chi connectivity index (χ1n) is 9.59. The minimum atomic E-state index is -0.298. The van der Waals surface area contributed by atoms with Crippen LogP contribution in [0.25, 0.3) is 22.2 Å². The van der Waals surface area contributed by atoms with Gasteiger partial charge >= 0.3 is 0 Å². The van der Waals surface area contributed by atoms with E-state index in [-0.39, 0.29) is 5.91 Å². The van der Waals surface area contributed by atoms with Crippen molar-refractivity contribution in [2.45, 2.75) is 6.92 Å². The lowest BCUT2D eigenvalue weighted by Crippen LogP contribution is -2.18. The van der Waals surface area contributed by atoms with E-state index in [2.05, 4.69) is 10.5 Å². The number of aryl methyl sites for hydroxylation is 1. The molecule has 1 amide bonds. The van der Waals surface area contributed by atoms with Crippen LogP contribution in [0.15, 0.2) is 84.0 Å². The van der Waals surface area contributed by atoms with Gasteiger partial charge in [-0.1, -0.05) is 60.2 Å². The van der Waals surface area contributed by atoms with Crippen LogP contribution in [0.4, 0.5) is 0 Å². The first-order valence-corrected chi connectivity index (χ1v) is 9.59. The molecular weight excluding hydrogens is 374 g/mol. The summed E-state index contributed by atoms with van der Waals surface area (Å²) in [5.74, 6) is 0.400. The third-order valence-corrected chi connectivity index (χ3v) is 4.80. The van der Waals surface area contributed by atoms with Gasteiger partial charge in [-0.2, -0.15) is 5.10 Å². The van der Waals surface area contributed by atoms with Gasteiger partial charge in [0.1, 0.15) is 5.75 Å². The molecule has 1 N–H and O–H groups in total. The standard InChI is InChI=1S/C25H21N3O2/c1-17-11-13-18(14-12-17)16-26-28-25(29)21-15-23(20-8-4-6-10-24(20)30-2)27-22-9-5-3-7-19(21)22/h3-16H,1-2H3,(H,28,29). The van der Waals surface area contributed by atoms with Gasteiger partial charge < -0.3 is 4.74 Å². The van der Waals surface area contributed by atoms with E-state index < -0.39 is 0 Å². The number of aromatic nitrogens is 1. The molecule has 0 spiro atoms. The molecule has 0 unspecified atom stereocenters. The highest BCUT2D eigenvalue weighted by Gasteiger charge is 2.15. The monoisotopic (exact) mass is 395 g/mol. The Kier molecular flexibility index (Phi) is 5.52. The molecule has 0 aliphatic heterocycles. The zero-order valence-corrected chi connectivity index (χ0v) is 16.8. The third-order valence-electron chi connectivity index (χ3n) is 4.80. The maximum atomic E-state index is 13.0. The topological polar surface area (TPSA) is 63.6 Å². The SMILES string of the molecule is COc1ccccc1-c1cc(C(=O)NN=Cc2ccc(C)cc2)c2ccccc2n1. The number of ether oxygens (including phenoxy) is 1. The fourth-order valence-electron chi connectivity index (χ4n) is 3.24. The summed E-state index contributed by atoms with van der Waals surface area (Å²) in [4.78, 5) is 17.7. The quantitative estimate of drug-likeness (QED) is 0.383. The number of nitrogens with zero attached hydrogens (tertiary/aromatic N) is 2. The fourth-order valence-corrected chi connectivity index (χ4v) is 3.24. The summed E-state index contributed by atoms with van der Waals surface area (Å²) < 4.78 is 5.47. The number of pyridine rings is 1. The molecule has 3 aromatic carbocycles. The van der Waals surface area contributed by atoms with Crippen LogP contribution >= 0.6 is 0 Å². The van der Waals surface area contributed by atoms with E-state index in [4.69, 9.17) is 9.72 Å². The van der Waals surface area contributed by atoms with Crippen LogP contribution in [0.5, 0.6) is 5.75 Å². The molecule has 0 bridgehead atoms. The van der Waals surface area contributed by atoms with Gasteiger partial charge in [-0.3, -0.25) is 4.79 Å². The number of fused-ring (bicyclic) bond motifs is 1. The minimum absolute atomic E-state index is 0.298. The van der Waals surface area contributed by atoms with Crippen molar-refractivity contribution >= 4 is 23.0 Å². The Morgan fingerprint density at radius 2 is 1.73 bits per heavy atom. The lowest BCUT2D eigenvalue weighted by atomic mass is 10.0. The van der Waals surface area contributed by atoms with Crippen molar-refractivity contribution in [1.29, 1.82) is 0 Å². The van der Waals surface area contributed by atoms with Crippen LogP contribution < -0.4 is 10.2 Å². The number of carbonyl (C=O) groups excluding carboxylic acids is 1. The number of nitrogens with one attached hydrogen (secondary N) is 1. The van der Waals surface area contributed by atoms with E-state index in [0.29, 0.717) is 17.0 Å². The van der Waals surface area contributed by atoms with E-state index in [9.17, 15) is 4.79 Å². The molecule has 148 valence electrons. The average molecular weight is 395 g/mol. The lowest BCUT2D eigenvalue weighted by Gasteiger charge is -2.11. The second-order valence-electron chi connectivity index (χ2n) is 6.88. The summed E-state index contributed by atoms with van der Waals surface area (Å²) in [6, 6.07) is 24.8. The molecule has 0 saturated carbocycles. The zero-order chi connectivity index (χ0) is 20.9. The highest BCUT2D eigenvalue weighted by atomic mass is 16.5. The fraction of sp³-hybridized carbons (Fsp3) is 0.0800. The van der Waals surface area contributed by atoms with E-state index in [0.717, 1.165) is 22.0 Å². The van der Waals surface area contributed by atoms with Crippen molar-refractivity contribution in [3.8, 4) is 17.0 Å². The normalized spacial score (nSPS) is 11.0. The van der Waals surface area contributed by atoms with E-state index >= 15 is 0 Å². The molecule has 5 nitrogen and oxygen atoms in total. The molecular formula is C25H21N3O2. The van der Waals surface area contributed by atoms with Gasteiger partial charge in [0, 0.05) is 10.9 Å². The van der Waals surface area contributed by atoms with Crippen molar-refractivity contribution in [1.82, 2.24) is 10.4 Å². The predicted octanol–water partition coefficient (Wildman–Crippen LogP) is 4.98. The molecule has 5 heteroatoms. The number of benzene rings is 3. The van der Waals surface area contributed by atoms with Gasteiger partial charge in [0.15, 0.2) is 0 Å². The molecule has 1 aromatic heterocycles. The first kappa shape index (κ1) is 19.3. The van der Waals surface area contributed by atoms with Gasteiger partial charge in [-0.25, -0.2) is 10.4 Å². The number of hydrogen-bond acceptors (Lipinski definition) is 4. The summed E-state index contributed by atoms with van der Waals surface area (Å²) in [6.45, 7) is 2.02. The van der Waals surface area contributed by atoms with Gasteiger partial charge in [0.2, 0.25) is 0 Å². The van der Waals surface area contributed by atoms with E-state index in [1.54, 1.807) is 19.4 Å². The maximum absolute atomic E-state index is 13.0. The Balaban J connectivity index is 1.70. The molecule has 1 heterocycles. The maximum Gasteiger partial charge on any atom is 0.272 e. The summed E-state index contributed by atoms with van der Waals surface area (Å²) >= 11 is 0. The van der Waals surface area contributed by atoms with Crippen molar-refractivity contribution < 1.29 is 9.53 Å². The number of methoxy groups -OCH3 is 1. The zero-order valence-electron chi connectivity index (χ0n) is 16.8. The lowest BCUT2D eigenvalue weighted by molar-refractivity contribution is 0.0956. The Labute approximate surface area is 175 Å². The molecule has 0 aliphatic rings. The molecule has 4 aromatic rings. The molecule has 0 fully saturated rings. The number of carbonyl (C=O) groups is 1. The molecule has 0 aliphatic carbocycles.